The van der Waals surface area contributed by atoms with Crippen molar-refractivity contribution in [3.05, 3.63) is 29.8 Å². The van der Waals surface area contributed by atoms with Crippen LogP contribution in [0, 0.1) is 0 Å². The van der Waals surface area contributed by atoms with Gasteiger partial charge in [0.15, 0.2) is 0 Å². The average molecular weight is 162 g/mol. The maximum atomic E-state index is 9.04. The number of amidine groups is 1. The summed E-state index contributed by atoms with van der Waals surface area (Å²) in [5.41, 5.74) is 1.03. The van der Waals surface area contributed by atoms with E-state index in [0.717, 1.165) is 24.5 Å². The molecule has 0 saturated carbocycles. The number of benzene rings is 1. The summed E-state index contributed by atoms with van der Waals surface area (Å²) >= 11 is 0. The molecular formula is C9H10N2O. The number of aromatic hydroxyl groups is 1. The zero-order valence-electron chi connectivity index (χ0n) is 6.62. The van der Waals surface area contributed by atoms with Crippen LogP contribution in [-0.2, 0) is 0 Å². The zero-order valence-corrected chi connectivity index (χ0v) is 6.62. The Kier molecular flexibility index (Phi) is 1.70. The Morgan fingerprint density at radius 3 is 2.58 bits per heavy atom. The molecule has 0 aliphatic carbocycles. The SMILES string of the molecule is Oc1ccc(C2=NCCN2)cc1. The largest absolute Gasteiger partial charge is 0.508 e. The summed E-state index contributed by atoms with van der Waals surface area (Å²) in [6.07, 6.45) is 0. The highest BCUT2D eigenvalue weighted by atomic mass is 16.3. The topological polar surface area (TPSA) is 44.6 Å². The predicted molar refractivity (Wildman–Crippen MR) is 47.5 cm³/mol. The molecule has 0 spiro atoms. The lowest BCUT2D eigenvalue weighted by Gasteiger charge is -2.01. The van der Waals surface area contributed by atoms with Crippen LogP contribution < -0.4 is 5.32 Å². The smallest absolute Gasteiger partial charge is 0.128 e. The molecule has 0 bridgehead atoms. The highest BCUT2D eigenvalue weighted by Crippen LogP contribution is 2.10. The number of phenols is 1. The first-order chi connectivity index (χ1) is 5.86. The zero-order chi connectivity index (χ0) is 8.39. The van der Waals surface area contributed by atoms with E-state index in [-0.39, 0.29) is 5.75 Å². The fraction of sp³-hybridized carbons (Fsp3) is 0.222. The Balaban J connectivity index is 2.28. The quantitative estimate of drug-likeness (QED) is 0.639. The molecule has 0 atom stereocenters. The third-order valence-corrected chi connectivity index (χ3v) is 1.81. The monoisotopic (exact) mass is 162 g/mol. The second-order valence-electron chi connectivity index (χ2n) is 2.70. The molecular weight excluding hydrogens is 152 g/mol. The van der Waals surface area contributed by atoms with Crippen LogP contribution in [0.5, 0.6) is 5.75 Å². The van der Waals surface area contributed by atoms with Gasteiger partial charge in [-0.1, -0.05) is 0 Å². The first kappa shape index (κ1) is 7.16. The predicted octanol–water partition coefficient (Wildman–Crippen LogP) is 0.742. The molecule has 0 aromatic heterocycles. The summed E-state index contributed by atoms with van der Waals surface area (Å²) in [6, 6.07) is 7.04. The Morgan fingerprint density at radius 2 is 2.00 bits per heavy atom. The van der Waals surface area contributed by atoms with Crippen LogP contribution >= 0.6 is 0 Å². The molecule has 2 N–H and O–H groups in total. The summed E-state index contributed by atoms with van der Waals surface area (Å²) in [5.74, 6) is 1.22. The summed E-state index contributed by atoms with van der Waals surface area (Å²) in [4.78, 5) is 4.26. The lowest BCUT2D eigenvalue weighted by Crippen LogP contribution is -2.19. The number of phenolic OH excluding ortho intramolecular Hbond substituents is 1. The molecule has 62 valence electrons. The molecule has 0 fully saturated rings. The molecule has 3 nitrogen and oxygen atoms in total. The summed E-state index contributed by atoms with van der Waals surface area (Å²) in [6.45, 7) is 1.76. The maximum Gasteiger partial charge on any atom is 0.128 e. The first-order valence-electron chi connectivity index (χ1n) is 3.94. The van der Waals surface area contributed by atoms with Gasteiger partial charge in [0.05, 0.1) is 6.54 Å². The van der Waals surface area contributed by atoms with Crippen LogP contribution in [-0.4, -0.2) is 24.0 Å². The molecule has 12 heavy (non-hydrogen) atoms. The van der Waals surface area contributed by atoms with Gasteiger partial charge in [-0.05, 0) is 24.3 Å². The van der Waals surface area contributed by atoms with Gasteiger partial charge in [0, 0.05) is 12.1 Å². The molecule has 1 heterocycles. The van der Waals surface area contributed by atoms with Crippen molar-refractivity contribution in [2.24, 2.45) is 4.99 Å². The minimum Gasteiger partial charge on any atom is -0.508 e. The molecule has 0 unspecified atom stereocenters. The van der Waals surface area contributed by atoms with E-state index in [0.29, 0.717) is 0 Å². The number of hydrogen-bond acceptors (Lipinski definition) is 3. The van der Waals surface area contributed by atoms with E-state index in [2.05, 4.69) is 10.3 Å². The van der Waals surface area contributed by atoms with Crippen LogP contribution in [0.3, 0.4) is 0 Å². The van der Waals surface area contributed by atoms with Gasteiger partial charge in [0.2, 0.25) is 0 Å². The number of rotatable bonds is 1. The third-order valence-electron chi connectivity index (χ3n) is 1.81. The highest BCUT2D eigenvalue weighted by molar-refractivity contribution is 5.99. The number of nitrogens with one attached hydrogen (secondary N) is 1. The van der Waals surface area contributed by atoms with Crippen LogP contribution in [0.25, 0.3) is 0 Å². The van der Waals surface area contributed by atoms with E-state index in [1.807, 2.05) is 12.1 Å². The van der Waals surface area contributed by atoms with E-state index in [1.54, 1.807) is 12.1 Å². The second kappa shape index (κ2) is 2.85. The lowest BCUT2D eigenvalue weighted by molar-refractivity contribution is 0.475. The van der Waals surface area contributed by atoms with Crippen molar-refractivity contribution in [1.29, 1.82) is 0 Å². The van der Waals surface area contributed by atoms with E-state index in [1.165, 1.54) is 0 Å². The maximum absolute atomic E-state index is 9.04. The number of aliphatic imine (C=N–C) groups is 1. The Morgan fingerprint density at radius 1 is 1.25 bits per heavy atom. The fourth-order valence-corrected chi connectivity index (χ4v) is 1.21. The van der Waals surface area contributed by atoms with Gasteiger partial charge in [0.1, 0.15) is 11.6 Å². The van der Waals surface area contributed by atoms with Crippen molar-refractivity contribution in [1.82, 2.24) is 5.32 Å². The van der Waals surface area contributed by atoms with Crippen molar-refractivity contribution in [2.45, 2.75) is 0 Å². The Labute approximate surface area is 70.8 Å². The van der Waals surface area contributed by atoms with E-state index >= 15 is 0 Å². The normalized spacial score (nSPS) is 15.5. The first-order valence-corrected chi connectivity index (χ1v) is 3.94. The third kappa shape index (κ3) is 1.25. The molecule has 1 aliphatic rings. The van der Waals surface area contributed by atoms with Gasteiger partial charge in [-0.25, -0.2) is 0 Å². The van der Waals surface area contributed by atoms with E-state index in [9.17, 15) is 0 Å². The van der Waals surface area contributed by atoms with Crippen molar-refractivity contribution in [3.8, 4) is 5.75 Å². The molecule has 1 aromatic carbocycles. The second-order valence-corrected chi connectivity index (χ2v) is 2.70. The molecule has 0 amide bonds. The molecule has 2 rings (SSSR count). The standard InChI is InChI=1S/C9H10N2O/c12-8-3-1-7(2-4-8)9-10-5-6-11-9/h1-4,12H,5-6H2,(H,10,11). The summed E-state index contributed by atoms with van der Waals surface area (Å²) in [5, 5.41) is 12.2. The molecule has 0 radical (unpaired) electrons. The highest BCUT2D eigenvalue weighted by Gasteiger charge is 2.06. The minimum atomic E-state index is 0.289. The van der Waals surface area contributed by atoms with Crippen molar-refractivity contribution in [3.63, 3.8) is 0 Å². The number of hydrogen-bond donors (Lipinski definition) is 2. The summed E-state index contributed by atoms with van der Waals surface area (Å²) < 4.78 is 0. The Bertz CT molecular complexity index is 303. The lowest BCUT2D eigenvalue weighted by atomic mass is 10.2. The van der Waals surface area contributed by atoms with Gasteiger partial charge in [-0.2, -0.15) is 0 Å². The average Bonchev–Trinajstić information content (AvgIpc) is 2.58. The van der Waals surface area contributed by atoms with Crippen LogP contribution in [0.15, 0.2) is 29.3 Å². The molecule has 1 aromatic rings. The van der Waals surface area contributed by atoms with Crippen molar-refractivity contribution < 1.29 is 5.11 Å². The minimum absolute atomic E-state index is 0.289. The van der Waals surface area contributed by atoms with E-state index < -0.39 is 0 Å². The summed E-state index contributed by atoms with van der Waals surface area (Å²) in [7, 11) is 0. The van der Waals surface area contributed by atoms with Crippen LogP contribution in [0.2, 0.25) is 0 Å². The van der Waals surface area contributed by atoms with Gasteiger partial charge >= 0.3 is 0 Å². The van der Waals surface area contributed by atoms with Gasteiger partial charge in [-0.3, -0.25) is 4.99 Å². The van der Waals surface area contributed by atoms with Gasteiger partial charge < -0.3 is 10.4 Å². The van der Waals surface area contributed by atoms with Crippen molar-refractivity contribution in [2.75, 3.05) is 13.1 Å². The Hall–Kier alpha value is -1.51. The van der Waals surface area contributed by atoms with E-state index in [4.69, 9.17) is 5.11 Å². The molecule has 0 saturated heterocycles. The number of nitrogens with zero attached hydrogens (tertiary/aromatic N) is 1. The van der Waals surface area contributed by atoms with Crippen LogP contribution in [0.1, 0.15) is 5.56 Å². The molecule has 3 heteroatoms. The molecule has 1 aliphatic heterocycles. The van der Waals surface area contributed by atoms with Crippen LogP contribution in [0.4, 0.5) is 0 Å². The fourth-order valence-electron chi connectivity index (χ4n) is 1.21. The van der Waals surface area contributed by atoms with Crippen molar-refractivity contribution >= 4 is 5.84 Å². The van der Waals surface area contributed by atoms with Gasteiger partial charge in [0.25, 0.3) is 0 Å². The van der Waals surface area contributed by atoms with Gasteiger partial charge in [-0.15, -0.1) is 0 Å².